The number of hydrogen-bond donors (Lipinski definition) is 2. The second kappa shape index (κ2) is 6.29. The number of carbonyl (C=O) groups is 1. The van der Waals surface area contributed by atoms with Crippen LogP contribution in [0.2, 0.25) is 0 Å². The summed E-state index contributed by atoms with van der Waals surface area (Å²) in [5, 5.41) is 9.68. The van der Waals surface area contributed by atoms with E-state index in [9.17, 15) is 4.79 Å². The van der Waals surface area contributed by atoms with Crippen LogP contribution < -0.4 is 15.3 Å². The van der Waals surface area contributed by atoms with E-state index < -0.39 is 0 Å². The zero-order chi connectivity index (χ0) is 14.5. The first-order valence-corrected chi connectivity index (χ1v) is 6.46. The van der Waals surface area contributed by atoms with Crippen molar-refractivity contribution in [3.8, 4) is 0 Å². The van der Waals surface area contributed by atoms with E-state index in [2.05, 4.69) is 40.2 Å². The van der Waals surface area contributed by atoms with Crippen LogP contribution in [0.15, 0.2) is 28.8 Å². The van der Waals surface area contributed by atoms with Gasteiger partial charge < -0.3 is 5.32 Å². The van der Waals surface area contributed by atoms with Gasteiger partial charge in [-0.05, 0) is 18.7 Å². The SMILES string of the molecule is CNCc1c(NC(C)=O)on[n+]1Cc1ccc(C)cc1. The van der Waals surface area contributed by atoms with Crippen LogP contribution in [0.4, 0.5) is 5.88 Å². The lowest BCUT2D eigenvalue weighted by Gasteiger charge is -1.98. The van der Waals surface area contributed by atoms with Gasteiger partial charge in [-0.1, -0.05) is 29.8 Å². The fraction of sp³-hybridized carbons (Fsp3) is 0.357. The normalized spacial score (nSPS) is 10.6. The zero-order valence-electron chi connectivity index (χ0n) is 11.9. The number of carbonyl (C=O) groups excluding carboxylic acids is 1. The summed E-state index contributed by atoms with van der Waals surface area (Å²) in [5.41, 5.74) is 3.15. The van der Waals surface area contributed by atoms with Gasteiger partial charge in [-0.3, -0.25) is 14.6 Å². The van der Waals surface area contributed by atoms with Crippen LogP contribution in [0.3, 0.4) is 0 Å². The molecule has 0 fully saturated rings. The number of rotatable bonds is 5. The molecule has 2 N–H and O–H groups in total. The lowest BCUT2D eigenvalue weighted by atomic mass is 10.1. The number of aromatic nitrogens is 2. The molecule has 106 valence electrons. The molecule has 6 heteroatoms. The van der Waals surface area contributed by atoms with Crippen molar-refractivity contribution in [1.82, 2.24) is 10.6 Å². The molecule has 2 rings (SSSR count). The Hall–Kier alpha value is -2.21. The fourth-order valence-electron chi connectivity index (χ4n) is 1.89. The van der Waals surface area contributed by atoms with Gasteiger partial charge in [0.2, 0.25) is 17.7 Å². The smallest absolute Gasteiger partial charge is 0.306 e. The minimum Gasteiger partial charge on any atom is -0.310 e. The van der Waals surface area contributed by atoms with Gasteiger partial charge in [0.05, 0.1) is 6.54 Å². The summed E-state index contributed by atoms with van der Waals surface area (Å²) in [6.45, 7) is 4.65. The largest absolute Gasteiger partial charge is 0.310 e. The summed E-state index contributed by atoms with van der Waals surface area (Å²) < 4.78 is 6.94. The van der Waals surface area contributed by atoms with E-state index in [4.69, 9.17) is 4.52 Å². The minimum atomic E-state index is -0.180. The minimum absolute atomic E-state index is 0.180. The number of nitrogens with one attached hydrogen (secondary N) is 2. The number of benzene rings is 1. The molecule has 0 aliphatic heterocycles. The molecule has 0 unspecified atom stereocenters. The third-order valence-corrected chi connectivity index (χ3v) is 2.89. The first-order chi connectivity index (χ1) is 9.60. The van der Waals surface area contributed by atoms with E-state index in [0.717, 1.165) is 11.3 Å². The van der Waals surface area contributed by atoms with Gasteiger partial charge in [-0.15, -0.1) is 0 Å². The third kappa shape index (κ3) is 3.42. The monoisotopic (exact) mass is 275 g/mol. The maximum atomic E-state index is 11.1. The molecule has 0 spiro atoms. The Kier molecular flexibility index (Phi) is 4.47. The molecule has 2 aromatic rings. The molecule has 1 aromatic carbocycles. The summed E-state index contributed by atoms with van der Waals surface area (Å²) in [7, 11) is 1.83. The number of amides is 1. The van der Waals surface area contributed by atoms with Crippen LogP contribution in [-0.2, 0) is 17.9 Å². The van der Waals surface area contributed by atoms with Crippen LogP contribution in [-0.4, -0.2) is 18.2 Å². The molecule has 1 aromatic heterocycles. The summed E-state index contributed by atoms with van der Waals surface area (Å²) in [5.74, 6) is 0.208. The molecule has 0 saturated heterocycles. The van der Waals surface area contributed by atoms with Gasteiger partial charge in [-0.2, -0.15) is 0 Å². The van der Waals surface area contributed by atoms with Gasteiger partial charge in [0.1, 0.15) is 0 Å². The Morgan fingerprint density at radius 1 is 1.35 bits per heavy atom. The summed E-state index contributed by atoms with van der Waals surface area (Å²) >= 11 is 0. The first-order valence-electron chi connectivity index (χ1n) is 6.46. The lowest BCUT2D eigenvalue weighted by molar-refractivity contribution is -0.760. The second-order valence-electron chi connectivity index (χ2n) is 4.70. The molecule has 0 aliphatic rings. The van der Waals surface area contributed by atoms with E-state index in [0.29, 0.717) is 19.0 Å². The summed E-state index contributed by atoms with van der Waals surface area (Å²) in [6, 6.07) is 8.22. The Morgan fingerprint density at radius 3 is 2.65 bits per heavy atom. The molecule has 1 heterocycles. The van der Waals surface area contributed by atoms with Crippen LogP contribution in [0, 0.1) is 6.92 Å². The van der Waals surface area contributed by atoms with Crippen molar-refractivity contribution in [3.63, 3.8) is 0 Å². The van der Waals surface area contributed by atoms with Crippen molar-refractivity contribution in [2.45, 2.75) is 26.9 Å². The highest BCUT2D eigenvalue weighted by atomic mass is 16.5. The van der Waals surface area contributed by atoms with Crippen molar-refractivity contribution in [1.29, 1.82) is 0 Å². The fourth-order valence-corrected chi connectivity index (χ4v) is 1.89. The molecule has 0 atom stereocenters. The first kappa shape index (κ1) is 14.2. The highest BCUT2D eigenvalue weighted by Crippen LogP contribution is 2.11. The maximum absolute atomic E-state index is 11.1. The molecule has 6 nitrogen and oxygen atoms in total. The standard InChI is InChI=1S/C14H18N4O2/c1-10-4-6-12(7-5-10)9-18-13(8-15-3)14(20-17-18)16-11(2)19/h4-7,15H,8-9H2,1-3H3/p+1. The molecular weight excluding hydrogens is 256 g/mol. The van der Waals surface area contributed by atoms with E-state index in [-0.39, 0.29) is 5.91 Å². The predicted octanol–water partition coefficient (Wildman–Crippen LogP) is 0.997. The number of hydrogen-bond acceptors (Lipinski definition) is 4. The van der Waals surface area contributed by atoms with Crippen molar-refractivity contribution < 1.29 is 14.0 Å². The Bertz CT molecular complexity index is 590. The van der Waals surface area contributed by atoms with Gasteiger partial charge in [-0.25, -0.2) is 0 Å². The van der Waals surface area contributed by atoms with E-state index in [1.54, 1.807) is 4.68 Å². The highest BCUT2D eigenvalue weighted by Gasteiger charge is 2.24. The topological polar surface area (TPSA) is 71.0 Å². The van der Waals surface area contributed by atoms with Crippen LogP contribution in [0.5, 0.6) is 0 Å². The number of nitrogens with zero attached hydrogens (tertiary/aromatic N) is 2. The number of anilines is 1. The quantitative estimate of drug-likeness (QED) is 0.799. The second-order valence-corrected chi connectivity index (χ2v) is 4.70. The zero-order valence-corrected chi connectivity index (χ0v) is 11.9. The van der Waals surface area contributed by atoms with E-state index in [1.807, 2.05) is 14.0 Å². The van der Waals surface area contributed by atoms with Crippen LogP contribution in [0.1, 0.15) is 23.7 Å². The van der Waals surface area contributed by atoms with Gasteiger partial charge in [0.25, 0.3) is 5.69 Å². The van der Waals surface area contributed by atoms with Crippen LogP contribution in [0.25, 0.3) is 0 Å². The van der Waals surface area contributed by atoms with Gasteiger partial charge in [0.15, 0.2) is 0 Å². The average Bonchev–Trinajstić information content (AvgIpc) is 2.75. The molecule has 20 heavy (non-hydrogen) atoms. The molecular formula is C14H19N4O2+. The van der Waals surface area contributed by atoms with Gasteiger partial charge >= 0.3 is 5.88 Å². The lowest BCUT2D eigenvalue weighted by Crippen LogP contribution is -2.41. The Labute approximate surface area is 117 Å². The Morgan fingerprint density at radius 2 is 2.05 bits per heavy atom. The summed E-state index contributed by atoms with van der Waals surface area (Å²) in [4.78, 5) is 11.1. The summed E-state index contributed by atoms with van der Waals surface area (Å²) in [6.07, 6.45) is 0. The molecule has 0 aliphatic carbocycles. The van der Waals surface area contributed by atoms with E-state index >= 15 is 0 Å². The molecule has 0 saturated carbocycles. The van der Waals surface area contributed by atoms with E-state index in [1.165, 1.54) is 12.5 Å². The maximum Gasteiger partial charge on any atom is 0.306 e. The number of aryl methyl sites for hydroxylation is 1. The average molecular weight is 275 g/mol. The van der Waals surface area contributed by atoms with Crippen molar-refractivity contribution >= 4 is 11.8 Å². The highest BCUT2D eigenvalue weighted by molar-refractivity contribution is 5.87. The van der Waals surface area contributed by atoms with Crippen molar-refractivity contribution in [2.75, 3.05) is 12.4 Å². The molecule has 1 amide bonds. The molecule has 0 radical (unpaired) electrons. The van der Waals surface area contributed by atoms with Crippen LogP contribution >= 0.6 is 0 Å². The third-order valence-electron chi connectivity index (χ3n) is 2.89. The predicted molar refractivity (Wildman–Crippen MR) is 74.0 cm³/mol. The Balaban J connectivity index is 2.24. The van der Waals surface area contributed by atoms with Crippen molar-refractivity contribution in [3.05, 3.63) is 41.1 Å². The van der Waals surface area contributed by atoms with Crippen molar-refractivity contribution in [2.24, 2.45) is 0 Å². The van der Waals surface area contributed by atoms with Gasteiger partial charge in [0, 0.05) is 12.5 Å². The molecule has 0 bridgehead atoms.